The molecule has 0 saturated carbocycles. The van der Waals surface area contributed by atoms with E-state index in [0.29, 0.717) is 27.3 Å². The Morgan fingerprint density at radius 2 is 1.66 bits per heavy atom. The van der Waals surface area contributed by atoms with Crippen molar-refractivity contribution in [3.8, 4) is 17.0 Å². The second kappa shape index (κ2) is 12.5. The number of nitrogens with zero attached hydrogens (tertiary/aromatic N) is 4. The summed E-state index contributed by atoms with van der Waals surface area (Å²) in [6.07, 6.45) is 0.919. The number of ether oxygens (including phenoxy) is 2. The van der Waals surface area contributed by atoms with Crippen LogP contribution in [-0.2, 0) is 14.8 Å². The van der Waals surface area contributed by atoms with Crippen LogP contribution in [0.25, 0.3) is 22.0 Å². The highest BCUT2D eigenvalue weighted by molar-refractivity contribution is 7.92. The number of carbonyl (C=O) groups excluding carboxylic acids is 2. The SMILES string of the molecule is COc1ncc(-c2ccc3c(c2)cc(C(=O)N2CCN(C(=O)OC(C)(C)C)CC2)c(=N)n3O)cc1NS(=O)(=O)c1ccc(F)cc1F. The van der Waals surface area contributed by atoms with E-state index in [-0.39, 0.29) is 48.8 Å². The van der Waals surface area contributed by atoms with Crippen LogP contribution < -0.4 is 14.9 Å². The van der Waals surface area contributed by atoms with Gasteiger partial charge in [-0.3, -0.25) is 14.9 Å². The highest BCUT2D eigenvalue weighted by atomic mass is 32.2. The molecule has 2 aromatic carbocycles. The third-order valence-corrected chi connectivity index (χ3v) is 8.68. The Bertz CT molecular complexity index is 2060. The zero-order valence-electron chi connectivity index (χ0n) is 25.9. The molecule has 1 aliphatic rings. The van der Waals surface area contributed by atoms with Gasteiger partial charge in [0.2, 0.25) is 5.88 Å². The summed E-state index contributed by atoms with van der Waals surface area (Å²) < 4.78 is 67.0. The number of halogens is 2. The van der Waals surface area contributed by atoms with Crippen LogP contribution in [-0.4, -0.2) is 84.0 Å². The molecule has 16 heteroatoms. The Morgan fingerprint density at radius 3 is 2.30 bits per heavy atom. The van der Waals surface area contributed by atoms with E-state index in [1.165, 1.54) is 41.3 Å². The molecule has 4 aromatic rings. The largest absolute Gasteiger partial charge is 0.480 e. The minimum Gasteiger partial charge on any atom is -0.480 e. The lowest BCUT2D eigenvalue weighted by Crippen LogP contribution is -2.52. The summed E-state index contributed by atoms with van der Waals surface area (Å²) >= 11 is 0. The van der Waals surface area contributed by atoms with Gasteiger partial charge in [0.25, 0.3) is 15.9 Å². The van der Waals surface area contributed by atoms with Crippen molar-refractivity contribution in [3.63, 3.8) is 0 Å². The zero-order chi connectivity index (χ0) is 34.3. The summed E-state index contributed by atoms with van der Waals surface area (Å²) in [7, 11) is -3.25. The number of aromatic nitrogens is 2. The molecule has 0 spiro atoms. The van der Waals surface area contributed by atoms with Gasteiger partial charge in [-0.1, -0.05) is 6.07 Å². The fourth-order valence-electron chi connectivity index (χ4n) is 4.99. The average molecular weight is 671 g/mol. The number of fused-ring (bicyclic) bond motifs is 1. The molecule has 0 bridgehead atoms. The average Bonchev–Trinajstić information content (AvgIpc) is 3.01. The lowest BCUT2D eigenvalue weighted by molar-refractivity contribution is 0.0140. The monoisotopic (exact) mass is 670 g/mol. The molecule has 1 aliphatic heterocycles. The van der Waals surface area contributed by atoms with E-state index in [2.05, 4.69) is 9.71 Å². The van der Waals surface area contributed by atoms with Crippen LogP contribution in [0.4, 0.5) is 19.3 Å². The van der Waals surface area contributed by atoms with Crippen molar-refractivity contribution >= 4 is 38.6 Å². The smallest absolute Gasteiger partial charge is 0.410 e. The molecule has 3 heterocycles. The molecule has 3 N–H and O–H groups in total. The van der Waals surface area contributed by atoms with E-state index >= 15 is 0 Å². The highest BCUT2D eigenvalue weighted by Gasteiger charge is 2.29. The van der Waals surface area contributed by atoms with Gasteiger partial charge in [-0.05, 0) is 62.7 Å². The lowest BCUT2D eigenvalue weighted by Gasteiger charge is -2.35. The number of benzene rings is 2. The highest BCUT2D eigenvalue weighted by Crippen LogP contribution is 2.32. The molecule has 2 aromatic heterocycles. The van der Waals surface area contributed by atoms with Crippen molar-refractivity contribution in [3.05, 3.63) is 77.4 Å². The van der Waals surface area contributed by atoms with Crippen LogP contribution in [0.3, 0.4) is 0 Å². The van der Waals surface area contributed by atoms with E-state index in [4.69, 9.17) is 14.9 Å². The Labute approximate surface area is 268 Å². The van der Waals surface area contributed by atoms with Crippen LogP contribution in [0, 0.1) is 17.0 Å². The molecular weight excluding hydrogens is 638 g/mol. The summed E-state index contributed by atoms with van der Waals surface area (Å²) in [5.74, 6) is -2.85. The van der Waals surface area contributed by atoms with Gasteiger partial charge in [-0.15, -0.1) is 0 Å². The fourth-order valence-corrected chi connectivity index (χ4v) is 6.10. The van der Waals surface area contributed by atoms with Crippen LogP contribution >= 0.6 is 0 Å². The maximum Gasteiger partial charge on any atom is 0.410 e. The Hall–Kier alpha value is -5.25. The number of nitrogens with one attached hydrogen (secondary N) is 2. The van der Waals surface area contributed by atoms with E-state index in [1.54, 1.807) is 32.9 Å². The second-order valence-corrected chi connectivity index (χ2v) is 13.4. The number of hydrogen-bond donors (Lipinski definition) is 3. The predicted octanol–water partition coefficient (Wildman–Crippen LogP) is 4.20. The molecule has 0 aliphatic carbocycles. The van der Waals surface area contributed by atoms with Gasteiger partial charge < -0.3 is 24.5 Å². The maximum atomic E-state index is 14.3. The van der Waals surface area contributed by atoms with E-state index in [0.717, 1.165) is 12.1 Å². The van der Waals surface area contributed by atoms with Crippen molar-refractivity contribution in [2.24, 2.45) is 0 Å². The Morgan fingerprint density at radius 1 is 0.979 bits per heavy atom. The number of carbonyl (C=O) groups is 2. The van der Waals surface area contributed by atoms with E-state index in [1.807, 2.05) is 0 Å². The molecule has 5 rings (SSSR count). The minimum absolute atomic E-state index is 0.0782. The number of pyridine rings is 2. The van der Waals surface area contributed by atoms with Crippen molar-refractivity contribution in [1.29, 1.82) is 5.41 Å². The number of sulfonamides is 1. The number of methoxy groups -OCH3 is 1. The first kappa shape index (κ1) is 33.1. The fraction of sp³-hybridized carbons (Fsp3) is 0.290. The van der Waals surface area contributed by atoms with Crippen molar-refractivity contribution < 1.29 is 41.5 Å². The van der Waals surface area contributed by atoms with Gasteiger partial charge in [-0.25, -0.2) is 27.0 Å². The van der Waals surface area contributed by atoms with Crippen LogP contribution in [0.5, 0.6) is 5.88 Å². The van der Waals surface area contributed by atoms with Gasteiger partial charge in [0.1, 0.15) is 27.8 Å². The Balaban J connectivity index is 1.43. The number of hydrogen-bond acceptors (Lipinski definition) is 9. The first-order valence-electron chi connectivity index (χ1n) is 14.3. The van der Waals surface area contributed by atoms with Crippen molar-refractivity contribution in [2.75, 3.05) is 38.0 Å². The van der Waals surface area contributed by atoms with Crippen molar-refractivity contribution in [2.45, 2.75) is 31.3 Å². The number of amides is 2. The lowest BCUT2D eigenvalue weighted by atomic mass is 10.0. The molecule has 0 radical (unpaired) electrons. The number of rotatable bonds is 6. The molecule has 1 fully saturated rings. The van der Waals surface area contributed by atoms with E-state index in [9.17, 15) is 32.0 Å². The zero-order valence-corrected chi connectivity index (χ0v) is 26.7. The maximum absolute atomic E-state index is 14.3. The molecule has 47 heavy (non-hydrogen) atoms. The molecular formula is C31H32F2N6O7S. The summed E-state index contributed by atoms with van der Waals surface area (Å²) in [5.41, 5.74) is -0.206. The van der Waals surface area contributed by atoms with Crippen LogP contribution in [0.2, 0.25) is 0 Å². The standard InChI is InChI=1S/C31H32F2N6O7S/c1-31(2,3)46-30(41)38-11-9-37(10-12-38)29(40)22-14-19-13-18(5-7-25(19)39(42)27(22)34)20-15-24(28(45-4)35-17-20)36-47(43,44)26-8-6-21(32)16-23(26)33/h5-8,13-17,34,36,42H,9-12H2,1-4H3. The first-order chi connectivity index (χ1) is 22.1. The van der Waals surface area contributed by atoms with Gasteiger partial charge in [0.05, 0.1) is 18.2 Å². The normalized spacial score (nSPS) is 13.8. The summed E-state index contributed by atoms with van der Waals surface area (Å²) in [4.78, 5) is 32.3. The van der Waals surface area contributed by atoms with E-state index < -0.39 is 49.6 Å². The number of piperazine rings is 1. The molecule has 2 amide bonds. The summed E-state index contributed by atoms with van der Waals surface area (Å²) in [6, 6.07) is 9.64. The van der Waals surface area contributed by atoms with Crippen LogP contribution in [0.1, 0.15) is 31.1 Å². The third-order valence-electron chi connectivity index (χ3n) is 7.28. The molecule has 1 saturated heterocycles. The quantitative estimate of drug-likeness (QED) is 0.257. The van der Waals surface area contributed by atoms with Crippen molar-refractivity contribution in [1.82, 2.24) is 19.5 Å². The topological polar surface area (TPSA) is 167 Å². The predicted molar refractivity (Wildman–Crippen MR) is 166 cm³/mol. The summed E-state index contributed by atoms with van der Waals surface area (Å²) in [6.45, 7) is 6.14. The molecule has 13 nitrogen and oxygen atoms in total. The second-order valence-electron chi connectivity index (χ2n) is 11.7. The molecule has 0 unspecified atom stereocenters. The summed E-state index contributed by atoms with van der Waals surface area (Å²) in [5, 5.41) is 19.6. The number of anilines is 1. The van der Waals surface area contributed by atoms with Gasteiger partial charge in [0, 0.05) is 49.4 Å². The van der Waals surface area contributed by atoms with Gasteiger partial charge >= 0.3 is 6.09 Å². The molecule has 0 atom stereocenters. The molecule has 248 valence electrons. The third kappa shape index (κ3) is 6.96. The Kier molecular flexibility index (Phi) is 8.81. The van der Waals surface area contributed by atoms with Gasteiger partial charge in [-0.2, -0.15) is 4.73 Å². The first-order valence-corrected chi connectivity index (χ1v) is 15.8. The minimum atomic E-state index is -4.52. The van der Waals surface area contributed by atoms with Gasteiger partial charge in [0.15, 0.2) is 5.49 Å². The van der Waals surface area contributed by atoms with Crippen LogP contribution in [0.15, 0.2) is 59.6 Å².